The molecule has 0 spiro atoms. The molecule has 0 bridgehead atoms. The van der Waals surface area contributed by atoms with Gasteiger partial charge in [0, 0.05) is 34.0 Å². The van der Waals surface area contributed by atoms with Gasteiger partial charge >= 0.3 is 0 Å². The van der Waals surface area contributed by atoms with Gasteiger partial charge in [-0.15, -0.1) is 26.3 Å². The van der Waals surface area contributed by atoms with Crippen molar-refractivity contribution in [3.8, 4) is 0 Å². The molecule has 3 rings (SSSR count). The van der Waals surface area contributed by atoms with Crippen LogP contribution in [0.15, 0.2) is 87.0 Å². The van der Waals surface area contributed by atoms with Gasteiger partial charge in [0.05, 0.1) is 0 Å². The summed E-state index contributed by atoms with van der Waals surface area (Å²) in [4.78, 5) is 3.53. The van der Waals surface area contributed by atoms with Gasteiger partial charge in [-0.1, -0.05) is 48.6 Å². The molecule has 1 N–H and O–H groups in total. The monoisotopic (exact) mass is 471 g/mol. The third-order valence-electron chi connectivity index (χ3n) is 5.53. The summed E-state index contributed by atoms with van der Waals surface area (Å²) >= 11 is 0. The second kappa shape index (κ2) is 13.3. The van der Waals surface area contributed by atoms with Gasteiger partial charge in [0.2, 0.25) is 0 Å². The quantitative estimate of drug-likeness (QED) is 0.216. The molecule has 0 saturated carbocycles. The van der Waals surface area contributed by atoms with Gasteiger partial charge in [0.25, 0.3) is 19.5 Å². The highest BCUT2D eigenvalue weighted by atomic mass is 28.2. The molecule has 0 saturated heterocycles. The van der Waals surface area contributed by atoms with E-state index in [4.69, 9.17) is 8.85 Å². The van der Waals surface area contributed by atoms with Crippen LogP contribution in [0.25, 0.3) is 21.8 Å². The van der Waals surface area contributed by atoms with Crippen molar-refractivity contribution in [2.24, 2.45) is 0 Å². The van der Waals surface area contributed by atoms with Crippen LogP contribution in [0.1, 0.15) is 38.5 Å². The average molecular weight is 472 g/mol. The Bertz CT molecular complexity index is 1000. The smallest absolute Gasteiger partial charge is 0.269 e. The number of nitrogens with one attached hydrogen (secondary N) is 1. The Balaban J connectivity index is 1.74. The standard InChI is InChI=1S/C28H33NO2Si2/c1-5-9-13-21(11-7-3)30-32-23-15-17-27-25(19-23)26-20-24(16-18-28(26)29-27)33-31-22(12-8-4)14-10-6-2/h5-8,15-22,29H,1-4,9-14H2. The molecular formula is C28H33NO2Si2. The predicted molar refractivity (Wildman–Crippen MR) is 145 cm³/mol. The summed E-state index contributed by atoms with van der Waals surface area (Å²) in [6.45, 7) is 15.4. The van der Waals surface area contributed by atoms with Crippen LogP contribution >= 0.6 is 0 Å². The van der Waals surface area contributed by atoms with E-state index in [0.717, 1.165) is 49.6 Å². The summed E-state index contributed by atoms with van der Waals surface area (Å²) in [5.41, 5.74) is 2.29. The zero-order valence-electron chi connectivity index (χ0n) is 19.3. The first-order chi connectivity index (χ1) is 16.2. The zero-order chi connectivity index (χ0) is 23.5. The van der Waals surface area contributed by atoms with Crippen molar-refractivity contribution in [2.45, 2.75) is 50.7 Å². The van der Waals surface area contributed by atoms with Gasteiger partial charge in [-0.25, -0.2) is 0 Å². The van der Waals surface area contributed by atoms with Gasteiger partial charge in [-0.05, 0) is 61.0 Å². The van der Waals surface area contributed by atoms with E-state index in [2.05, 4.69) is 67.7 Å². The second-order valence-corrected chi connectivity index (χ2v) is 10.1. The number of rotatable bonds is 16. The Hall–Kier alpha value is -2.45. The lowest BCUT2D eigenvalue weighted by molar-refractivity contribution is 0.209. The summed E-state index contributed by atoms with van der Waals surface area (Å²) in [6.07, 6.45) is 13.7. The Morgan fingerprint density at radius 1 is 0.697 bits per heavy atom. The molecule has 0 amide bonds. The maximum absolute atomic E-state index is 6.22. The lowest BCUT2D eigenvalue weighted by atomic mass is 10.1. The van der Waals surface area contributed by atoms with Crippen molar-refractivity contribution < 1.29 is 8.85 Å². The predicted octanol–water partition coefficient (Wildman–Crippen LogP) is 5.67. The van der Waals surface area contributed by atoms with Gasteiger partial charge in [0.1, 0.15) is 0 Å². The number of hydrogen-bond acceptors (Lipinski definition) is 2. The van der Waals surface area contributed by atoms with Crippen LogP contribution in [-0.4, -0.2) is 36.7 Å². The van der Waals surface area contributed by atoms with Crippen LogP contribution in [0.2, 0.25) is 0 Å². The van der Waals surface area contributed by atoms with Crippen molar-refractivity contribution >= 4 is 51.7 Å². The fourth-order valence-corrected chi connectivity index (χ4v) is 5.50. The molecule has 0 aliphatic heterocycles. The summed E-state index contributed by atoms with van der Waals surface area (Å²) in [6, 6.07) is 13.1. The maximum atomic E-state index is 6.22. The number of H-pyrrole nitrogens is 1. The minimum Gasteiger partial charge on any atom is -0.408 e. The molecule has 2 atom stereocenters. The number of aromatic amines is 1. The molecule has 4 radical (unpaired) electrons. The maximum Gasteiger partial charge on any atom is 0.269 e. The van der Waals surface area contributed by atoms with Crippen molar-refractivity contribution in [2.75, 3.05) is 0 Å². The molecule has 2 aromatic carbocycles. The van der Waals surface area contributed by atoms with E-state index in [-0.39, 0.29) is 12.2 Å². The Morgan fingerprint density at radius 3 is 1.55 bits per heavy atom. The van der Waals surface area contributed by atoms with E-state index in [1.54, 1.807) is 0 Å². The molecule has 2 unspecified atom stereocenters. The van der Waals surface area contributed by atoms with Gasteiger partial charge in [0.15, 0.2) is 0 Å². The molecule has 5 heteroatoms. The van der Waals surface area contributed by atoms with E-state index in [1.165, 1.54) is 21.1 Å². The van der Waals surface area contributed by atoms with E-state index >= 15 is 0 Å². The largest absolute Gasteiger partial charge is 0.408 e. The number of aromatic nitrogens is 1. The van der Waals surface area contributed by atoms with E-state index in [0.29, 0.717) is 19.5 Å². The van der Waals surface area contributed by atoms with Gasteiger partial charge in [-0.2, -0.15) is 0 Å². The Kier molecular flexibility index (Phi) is 10.2. The first-order valence-corrected chi connectivity index (χ1v) is 13.3. The lowest BCUT2D eigenvalue weighted by Crippen LogP contribution is -2.24. The molecule has 33 heavy (non-hydrogen) atoms. The normalized spacial score (nSPS) is 13.1. The fourth-order valence-electron chi connectivity index (χ4n) is 3.76. The SMILES string of the molecule is C=CCCC(CC=C)O[Si]c1ccc2[nH]c3ccc([Si]OC(CC=C)CCC=C)cc3c2c1. The average Bonchev–Trinajstić information content (AvgIpc) is 3.20. The minimum absolute atomic E-state index is 0.187. The van der Waals surface area contributed by atoms with Crippen molar-refractivity contribution in [1.82, 2.24) is 4.98 Å². The summed E-state index contributed by atoms with van der Waals surface area (Å²) in [7, 11) is 0.620. The van der Waals surface area contributed by atoms with Crippen molar-refractivity contribution in [3.05, 3.63) is 87.0 Å². The van der Waals surface area contributed by atoms with Crippen LogP contribution in [0, 0.1) is 0 Å². The van der Waals surface area contributed by atoms with Crippen LogP contribution in [-0.2, 0) is 8.85 Å². The van der Waals surface area contributed by atoms with E-state index in [1.807, 2.05) is 24.3 Å². The van der Waals surface area contributed by atoms with Crippen LogP contribution in [0.5, 0.6) is 0 Å². The molecule has 0 aliphatic carbocycles. The molecule has 0 aliphatic rings. The Morgan fingerprint density at radius 2 is 1.15 bits per heavy atom. The zero-order valence-corrected chi connectivity index (χ0v) is 21.3. The molecule has 170 valence electrons. The van der Waals surface area contributed by atoms with Crippen molar-refractivity contribution in [1.29, 1.82) is 0 Å². The third kappa shape index (κ3) is 7.27. The van der Waals surface area contributed by atoms with E-state index in [9.17, 15) is 0 Å². The molecule has 0 fully saturated rings. The third-order valence-corrected chi connectivity index (χ3v) is 7.53. The first-order valence-electron chi connectivity index (χ1n) is 11.5. The number of benzene rings is 2. The highest BCUT2D eigenvalue weighted by molar-refractivity contribution is 6.48. The van der Waals surface area contributed by atoms with Gasteiger partial charge < -0.3 is 13.8 Å². The molecule has 3 aromatic rings. The minimum atomic E-state index is 0.187. The lowest BCUT2D eigenvalue weighted by Gasteiger charge is -2.15. The van der Waals surface area contributed by atoms with Crippen LogP contribution in [0.4, 0.5) is 0 Å². The van der Waals surface area contributed by atoms with Gasteiger partial charge in [-0.3, -0.25) is 0 Å². The van der Waals surface area contributed by atoms with Crippen LogP contribution < -0.4 is 10.4 Å². The highest BCUT2D eigenvalue weighted by Gasteiger charge is 2.12. The first kappa shape index (κ1) is 25.2. The molecule has 1 aromatic heterocycles. The number of allylic oxidation sites excluding steroid dienone is 2. The fraction of sp³-hybridized carbons (Fsp3) is 0.286. The molecule has 1 heterocycles. The topological polar surface area (TPSA) is 34.2 Å². The summed E-state index contributed by atoms with van der Waals surface area (Å²) < 4.78 is 12.4. The van der Waals surface area contributed by atoms with Crippen LogP contribution in [0.3, 0.4) is 0 Å². The Labute approximate surface area is 203 Å². The highest BCUT2D eigenvalue weighted by Crippen LogP contribution is 2.23. The van der Waals surface area contributed by atoms with E-state index < -0.39 is 0 Å². The number of fused-ring (bicyclic) bond motifs is 3. The molecular weight excluding hydrogens is 438 g/mol. The summed E-state index contributed by atoms with van der Waals surface area (Å²) in [5, 5.41) is 4.86. The van der Waals surface area contributed by atoms with Crippen molar-refractivity contribution in [3.63, 3.8) is 0 Å². The number of hydrogen-bond donors (Lipinski definition) is 1. The summed E-state index contributed by atoms with van der Waals surface area (Å²) in [5.74, 6) is 0. The second-order valence-electron chi connectivity index (χ2n) is 8.11. The molecule has 3 nitrogen and oxygen atoms in total.